The van der Waals surface area contributed by atoms with Gasteiger partial charge < -0.3 is 10.4 Å². The minimum atomic E-state index is -0.823. The van der Waals surface area contributed by atoms with Crippen LogP contribution >= 0.6 is 0 Å². The highest BCUT2D eigenvalue weighted by atomic mass is 16.4. The Labute approximate surface area is 95.8 Å². The summed E-state index contributed by atoms with van der Waals surface area (Å²) in [5.41, 5.74) is 0. The Morgan fingerprint density at radius 1 is 1.44 bits per heavy atom. The van der Waals surface area contributed by atoms with Gasteiger partial charge in [-0.2, -0.15) is 0 Å². The summed E-state index contributed by atoms with van der Waals surface area (Å²) in [7, 11) is 0. The molecule has 0 radical (unpaired) electrons. The van der Waals surface area contributed by atoms with Crippen LogP contribution in [0.3, 0.4) is 0 Å². The molecule has 0 aromatic rings. The molecule has 0 aliphatic heterocycles. The van der Waals surface area contributed by atoms with Crippen molar-refractivity contribution in [1.29, 1.82) is 0 Å². The summed E-state index contributed by atoms with van der Waals surface area (Å²) in [5, 5.41) is 11.5. The lowest BCUT2D eigenvalue weighted by Gasteiger charge is -2.19. The van der Waals surface area contributed by atoms with Crippen molar-refractivity contribution in [3.63, 3.8) is 0 Å². The number of rotatable bonds is 7. The molecule has 0 spiro atoms. The summed E-state index contributed by atoms with van der Waals surface area (Å²) in [5.74, 6) is -0.831. The molecular weight excluding hydrogens is 208 g/mol. The van der Waals surface area contributed by atoms with E-state index in [9.17, 15) is 9.59 Å². The number of carbonyl (C=O) groups excluding carboxylic acids is 1. The summed E-state index contributed by atoms with van der Waals surface area (Å²) < 4.78 is 0. The number of carboxylic acids is 1. The maximum absolute atomic E-state index is 11.4. The van der Waals surface area contributed by atoms with E-state index in [0.717, 1.165) is 12.8 Å². The van der Waals surface area contributed by atoms with Crippen LogP contribution in [0.2, 0.25) is 0 Å². The van der Waals surface area contributed by atoms with Crippen molar-refractivity contribution >= 4 is 11.9 Å². The molecule has 5 heteroatoms. The van der Waals surface area contributed by atoms with Crippen LogP contribution in [0.4, 0.5) is 0 Å². The molecule has 1 fully saturated rings. The van der Waals surface area contributed by atoms with Crippen LogP contribution in [0.15, 0.2) is 0 Å². The Morgan fingerprint density at radius 3 is 2.50 bits per heavy atom. The third-order valence-electron chi connectivity index (χ3n) is 2.48. The van der Waals surface area contributed by atoms with Gasteiger partial charge in [-0.1, -0.05) is 0 Å². The van der Waals surface area contributed by atoms with E-state index in [1.807, 2.05) is 18.7 Å². The van der Waals surface area contributed by atoms with Gasteiger partial charge in [0.2, 0.25) is 5.91 Å². The molecule has 0 aromatic heterocycles. The highest BCUT2D eigenvalue weighted by molar-refractivity contribution is 5.76. The van der Waals surface area contributed by atoms with E-state index in [2.05, 4.69) is 5.32 Å². The van der Waals surface area contributed by atoms with Gasteiger partial charge in [0.25, 0.3) is 0 Å². The number of carbonyl (C=O) groups is 2. The number of nitrogens with zero attached hydrogens (tertiary/aromatic N) is 1. The van der Waals surface area contributed by atoms with Gasteiger partial charge in [0.05, 0.1) is 6.54 Å². The molecule has 1 amide bonds. The van der Waals surface area contributed by atoms with Crippen LogP contribution in [-0.2, 0) is 9.59 Å². The topological polar surface area (TPSA) is 69.6 Å². The van der Waals surface area contributed by atoms with Crippen LogP contribution in [-0.4, -0.2) is 47.1 Å². The Hall–Kier alpha value is -1.10. The first-order chi connectivity index (χ1) is 7.49. The smallest absolute Gasteiger partial charge is 0.317 e. The summed E-state index contributed by atoms with van der Waals surface area (Å²) in [4.78, 5) is 23.9. The minimum absolute atomic E-state index is 0.00830. The van der Waals surface area contributed by atoms with Gasteiger partial charge in [-0.3, -0.25) is 14.5 Å². The summed E-state index contributed by atoms with van der Waals surface area (Å²) in [6, 6.07) is 0.518. The van der Waals surface area contributed by atoms with E-state index < -0.39 is 5.97 Å². The summed E-state index contributed by atoms with van der Waals surface area (Å²) in [6.45, 7) is 4.40. The molecule has 0 aromatic carbocycles. The molecule has 16 heavy (non-hydrogen) atoms. The zero-order valence-electron chi connectivity index (χ0n) is 9.90. The van der Waals surface area contributed by atoms with Gasteiger partial charge in [-0.25, -0.2) is 0 Å². The lowest BCUT2D eigenvalue weighted by atomic mass is 10.3. The number of carboxylic acid groups (broad SMARTS) is 1. The largest absolute Gasteiger partial charge is 0.480 e. The quantitative estimate of drug-likeness (QED) is 0.664. The first-order valence-corrected chi connectivity index (χ1v) is 5.74. The fraction of sp³-hybridized carbons (Fsp3) is 0.818. The lowest BCUT2D eigenvalue weighted by molar-refractivity contribution is -0.138. The maximum Gasteiger partial charge on any atom is 0.317 e. The first-order valence-electron chi connectivity index (χ1n) is 5.74. The van der Waals surface area contributed by atoms with Gasteiger partial charge >= 0.3 is 5.97 Å². The van der Waals surface area contributed by atoms with E-state index in [0.29, 0.717) is 19.0 Å². The molecule has 1 saturated carbocycles. The zero-order chi connectivity index (χ0) is 12.1. The maximum atomic E-state index is 11.4. The zero-order valence-corrected chi connectivity index (χ0v) is 9.90. The number of amides is 1. The van der Waals surface area contributed by atoms with Crippen molar-refractivity contribution in [1.82, 2.24) is 10.2 Å². The number of nitrogens with one attached hydrogen (secondary N) is 1. The molecule has 5 nitrogen and oxygen atoms in total. The molecule has 2 N–H and O–H groups in total. The standard InChI is InChI=1S/C11H20N2O3/c1-8(2)12-10(14)5-6-13(7-11(15)16)9-3-4-9/h8-9H,3-7H2,1-2H3,(H,12,14)(H,15,16). The second kappa shape index (κ2) is 5.84. The van der Waals surface area contributed by atoms with Crippen LogP contribution in [0, 0.1) is 0 Å². The monoisotopic (exact) mass is 228 g/mol. The van der Waals surface area contributed by atoms with Gasteiger partial charge in [-0.05, 0) is 26.7 Å². The molecule has 0 heterocycles. The fourth-order valence-electron chi connectivity index (χ4n) is 1.64. The van der Waals surface area contributed by atoms with Crippen LogP contribution in [0.25, 0.3) is 0 Å². The molecule has 0 bridgehead atoms. The highest BCUT2D eigenvalue weighted by Crippen LogP contribution is 2.26. The van der Waals surface area contributed by atoms with E-state index in [1.54, 1.807) is 0 Å². The SMILES string of the molecule is CC(C)NC(=O)CCN(CC(=O)O)C1CC1. The molecular formula is C11H20N2O3. The second-order valence-electron chi connectivity index (χ2n) is 4.57. The average molecular weight is 228 g/mol. The van der Waals surface area contributed by atoms with Crippen LogP contribution in [0.5, 0.6) is 0 Å². The Morgan fingerprint density at radius 2 is 2.06 bits per heavy atom. The Kier molecular flexibility index (Phi) is 4.73. The molecule has 1 aliphatic carbocycles. The van der Waals surface area contributed by atoms with E-state index in [4.69, 9.17) is 5.11 Å². The third-order valence-corrected chi connectivity index (χ3v) is 2.48. The second-order valence-corrected chi connectivity index (χ2v) is 4.57. The Balaban J connectivity index is 2.26. The van der Waals surface area contributed by atoms with Crippen molar-refractivity contribution in [3.05, 3.63) is 0 Å². The third kappa shape index (κ3) is 5.11. The summed E-state index contributed by atoms with van der Waals surface area (Å²) in [6.07, 6.45) is 2.49. The van der Waals surface area contributed by atoms with E-state index in [-0.39, 0.29) is 18.5 Å². The van der Waals surface area contributed by atoms with Crippen LogP contribution < -0.4 is 5.32 Å². The molecule has 0 unspecified atom stereocenters. The lowest BCUT2D eigenvalue weighted by Crippen LogP contribution is -2.37. The van der Waals surface area contributed by atoms with Crippen molar-refractivity contribution < 1.29 is 14.7 Å². The molecule has 1 rings (SSSR count). The predicted molar refractivity (Wildman–Crippen MR) is 60.1 cm³/mol. The van der Waals surface area contributed by atoms with Crippen molar-refractivity contribution in [2.75, 3.05) is 13.1 Å². The Bertz CT molecular complexity index is 262. The van der Waals surface area contributed by atoms with E-state index in [1.165, 1.54) is 0 Å². The van der Waals surface area contributed by atoms with Crippen molar-refractivity contribution in [3.8, 4) is 0 Å². The number of hydrogen-bond donors (Lipinski definition) is 2. The fourth-order valence-corrected chi connectivity index (χ4v) is 1.64. The van der Waals surface area contributed by atoms with Crippen molar-refractivity contribution in [2.45, 2.75) is 45.2 Å². The summed E-state index contributed by atoms with van der Waals surface area (Å²) >= 11 is 0. The molecule has 92 valence electrons. The van der Waals surface area contributed by atoms with Crippen molar-refractivity contribution in [2.24, 2.45) is 0 Å². The van der Waals surface area contributed by atoms with E-state index >= 15 is 0 Å². The van der Waals surface area contributed by atoms with Gasteiger partial charge in [-0.15, -0.1) is 0 Å². The van der Waals surface area contributed by atoms with Crippen LogP contribution in [0.1, 0.15) is 33.1 Å². The normalized spacial score (nSPS) is 15.5. The molecule has 1 aliphatic rings. The van der Waals surface area contributed by atoms with Gasteiger partial charge in [0.15, 0.2) is 0 Å². The highest BCUT2D eigenvalue weighted by Gasteiger charge is 2.30. The van der Waals surface area contributed by atoms with Gasteiger partial charge in [0, 0.05) is 25.0 Å². The number of hydrogen-bond acceptors (Lipinski definition) is 3. The van der Waals surface area contributed by atoms with Gasteiger partial charge in [0.1, 0.15) is 0 Å². The minimum Gasteiger partial charge on any atom is -0.480 e. The predicted octanol–water partition coefficient (Wildman–Crippen LogP) is 0.450. The number of aliphatic carboxylic acids is 1. The molecule has 0 atom stereocenters. The molecule has 0 saturated heterocycles. The first kappa shape index (κ1) is 13.0. The average Bonchev–Trinajstić information content (AvgIpc) is 2.93.